The van der Waals surface area contributed by atoms with Crippen LogP contribution in [-0.4, -0.2) is 30.6 Å². The van der Waals surface area contributed by atoms with Gasteiger partial charge in [0, 0.05) is 6.61 Å². The van der Waals surface area contributed by atoms with Gasteiger partial charge in [0.2, 0.25) is 0 Å². The summed E-state index contributed by atoms with van der Waals surface area (Å²) in [6, 6.07) is 0. The molecule has 1 aliphatic carbocycles. The van der Waals surface area contributed by atoms with Crippen molar-refractivity contribution < 1.29 is 23.0 Å². The zero-order valence-electron chi connectivity index (χ0n) is 10.9. The zero-order chi connectivity index (χ0) is 13.6. The summed E-state index contributed by atoms with van der Waals surface area (Å²) in [5.41, 5.74) is 0. The third-order valence-electron chi connectivity index (χ3n) is 3.81. The molecule has 0 amide bonds. The Morgan fingerprint density at radius 2 is 1.94 bits per heavy atom. The van der Waals surface area contributed by atoms with Crippen molar-refractivity contribution in [3.05, 3.63) is 0 Å². The molecule has 3 atom stereocenters. The summed E-state index contributed by atoms with van der Waals surface area (Å²) in [5.74, 6) is 0.745. The molecule has 1 N–H and O–H groups in total. The van der Waals surface area contributed by atoms with Crippen LogP contribution in [0.1, 0.15) is 45.4 Å². The van der Waals surface area contributed by atoms with Crippen molar-refractivity contribution in [1.82, 2.24) is 0 Å². The summed E-state index contributed by atoms with van der Waals surface area (Å²) in [6.07, 6.45) is 0.960. The molecule has 3 unspecified atom stereocenters. The van der Waals surface area contributed by atoms with E-state index >= 15 is 0 Å². The van der Waals surface area contributed by atoms with Gasteiger partial charge in [0.25, 0.3) is 0 Å². The Balaban J connectivity index is 2.24. The zero-order valence-corrected chi connectivity index (χ0v) is 10.9. The van der Waals surface area contributed by atoms with E-state index in [9.17, 15) is 18.3 Å². The summed E-state index contributed by atoms with van der Waals surface area (Å²) >= 11 is 0. The normalized spacial score (nSPS) is 27.2. The van der Waals surface area contributed by atoms with Crippen molar-refractivity contribution in [2.24, 2.45) is 11.8 Å². The number of rotatable bonds is 6. The summed E-state index contributed by atoms with van der Waals surface area (Å²) in [7, 11) is 0. The molecule has 0 aromatic heterocycles. The Bertz CT molecular complexity index is 231. The van der Waals surface area contributed by atoms with Crippen molar-refractivity contribution in [3.8, 4) is 0 Å². The van der Waals surface area contributed by atoms with E-state index in [1.165, 1.54) is 6.42 Å². The van der Waals surface area contributed by atoms with Gasteiger partial charge >= 0.3 is 6.18 Å². The molecule has 0 saturated heterocycles. The van der Waals surface area contributed by atoms with Gasteiger partial charge in [-0.15, -0.1) is 0 Å². The molecule has 2 nitrogen and oxygen atoms in total. The Hall–Kier alpha value is -0.290. The third-order valence-corrected chi connectivity index (χ3v) is 3.81. The standard InChI is InChI=1S/C13H23F3O2/c1-2-10-5-3-4-6-11(10)12(17)7-8-18-9-13(14,15)16/h10-12,17H,2-9H2,1H3. The van der Waals surface area contributed by atoms with E-state index in [0.717, 1.165) is 25.7 Å². The summed E-state index contributed by atoms with van der Waals surface area (Å²) < 4.78 is 40.1. The van der Waals surface area contributed by atoms with Crippen molar-refractivity contribution in [1.29, 1.82) is 0 Å². The Morgan fingerprint density at radius 3 is 2.56 bits per heavy atom. The van der Waals surface area contributed by atoms with Crippen LogP contribution in [0.15, 0.2) is 0 Å². The Morgan fingerprint density at radius 1 is 1.28 bits per heavy atom. The fourth-order valence-electron chi connectivity index (χ4n) is 2.86. The monoisotopic (exact) mass is 268 g/mol. The van der Waals surface area contributed by atoms with E-state index in [1.54, 1.807) is 0 Å². The first-order valence-electron chi connectivity index (χ1n) is 6.76. The molecule has 1 rings (SSSR count). The fraction of sp³-hybridized carbons (Fsp3) is 1.00. The fourth-order valence-corrected chi connectivity index (χ4v) is 2.86. The average Bonchev–Trinajstić information content (AvgIpc) is 2.33. The van der Waals surface area contributed by atoms with Crippen LogP contribution in [0.3, 0.4) is 0 Å². The second kappa shape index (κ2) is 7.34. The molecule has 18 heavy (non-hydrogen) atoms. The molecule has 108 valence electrons. The number of alkyl halides is 3. The molecule has 0 radical (unpaired) electrons. The van der Waals surface area contributed by atoms with Crippen LogP contribution < -0.4 is 0 Å². The molecule has 1 aliphatic rings. The highest BCUT2D eigenvalue weighted by Crippen LogP contribution is 2.35. The molecule has 0 heterocycles. The van der Waals surface area contributed by atoms with Gasteiger partial charge < -0.3 is 9.84 Å². The lowest BCUT2D eigenvalue weighted by Crippen LogP contribution is -2.31. The number of hydrogen-bond acceptors (Lipinski definition) is 2. The minimum atomic E-state index is -4.28. The molecule has 0 spiro atoms. The maximum Gasteiger partial charge on any atom is 0.411 e. The van der Waals surface area contributed by atoms with Crippen molar-refractivity contribution >= 4 is 0 Å². The highest BCUT2D eigenvalue weighted by Gasteiger charge is 2.30. The lowest BCUT2D eigenvalue weighted by atomic mass is 9.74. The maximum absolute atomic E-state index is 11.9. The molecule has 5 heteroatoms. The van der Waals surface area contributed by atoms with Crippen LogP contribution in [0, 0.1) is 11.8 Å². The third kappa shape index (κ3) is 5.57. The van der Waals surface area contributed by atoms with Crippen molar-refractivity contribution in [2.75, 3.05) is 13.2 Å². The van der Waals surface area contributed by atoms with Crippen molar-refractivity contribution in [3.63, 3.8) is 0 Å². The predicted molar refractivity (Wildman–Crippen MR) is 63.2 cm³/mol. The molecular formula is C13H23F3O2. The lowest BCUT2D eigenvalue weighted by Gasteiger charge is -2.34. The second-order valence-electron chi connectivity index (χ2n) is 5.14. The van der Waals surface area contributed by atoms with Gasteiger partial charge in [-0.05, 0) is 24.7 Å². The number of halogens is 3. The topological polar surface area (TPSA) is 29.5 Å². The van der Waals surface area contributed by atoms with Gasteiger partial charge in [-0.2, -0.15) is 13.2 Å². The summed E-state index contributed by atoms with van der Waals surface area (Å²) in [6.45, 7) is 0.866. The second-order valence-corrected chi connectivity index (χ2v) is 5.14. The van der Waals surface area contributed by atoms with Gasteiger partial charge in [0.15, 0.2) is 0 Å². The van der Waals surface area contributed by atoms with E-state index in [1.807, 2.05) is 0 Å². The number of hydrogen-bond donors (Lipinski definition) is 1. The molecule has 1 fully saturated rings. The Labute approximate surface area is 107 Å². The summed E-state index contributed by atoms with van der Waals surface area (Å²) in [5, 5.41) is 10.0. The van der Waals surface area contributed by atoms with E-state index in [4.69, 9.17) is 0 Å². The van der Waals surface area contributed by atoms with Crippen LogP contribution in [0.25, 0.3) is 0 Å². The molecule has 0 bridgehead atoms. The number of aliphatic hydroxyl groups excluding tert-OH is 1. The number of aliphatic hydroxyl groups is 1. The smallest absolute Gasteiger partial charge is 0.393 e. The SMILES string of the molecule is CCC1CCCCC1C(O)CCOCC(F)(F)F. The minimum absolute atomic E-state index is 0.0202. The predicted octanol–water partition coefficient (Wildman–Crippen LogP) is 3.53. The minimum Gasteiger partial charge on any atom is -0.393 e. The Kier molecular flexibility index (Phi) is 6.43. The highest BCUT2D eigenvalue weighted by molar-refractivity contribution is 4.80. The largest absolute Gasteiger partial charge is 0.411 e. The van der Waals surface area contributed by atoms with Crippen molar-refractivity contribution in [2.45, 2.75) is 57.7 Å². The van der Waals surface area contributed by atoms with Gasteiger partial charge in [0.05, 0.1) is 6.10 Å². The van der Waals surface area contributed by atoms with Gasteiger partial charge in [-0.3, -0.25) is 0 Å². The van der Waals surface area contributed by atoms with E-state index in [0.29, 0.717) is 12.3 Å². The van der Waals surface area contributed by atoms with Crippen LogP contribution in [0.2, 0.25) is 0 Å². The van der Waals surface area contributed by atoms with Crippen LogP contribution in [0.5, 0.6) is 0 Å². The van der Waals surface area contributed by atoms with E-state index < -0.39 is 18.9 Å². The van der Waals surface area contributed by atoms with Gasteiger partial charge in [-0.25, -0.2) is 0 Å². The molecule has 0 aromatic rings. The summed E-state index contributed by atoms with van der Waals surface area (Å²) in [4.78, 5) is 0. The first-order chi connectivity index (χ1) is 8.44. The first-order valence-corrected chi connectivity index (χ1v) is 6.76. The average molecular weight is 268 g/mol. The molecule has 0 aliphatic heterocycles. The molecule has 0 aromatic carbocycles. The van der Waals surface area contributed by atoms with E-state index in [2.05, 4.69) is 11.7 Å². The van der Waals surface area contributed by atoms with Gasteiger partial charge in [-0.1, -0.05) is 32.6 Å². The van der Waals surface area contributed by atoms with Crippen LogP contribution in [-0.2, 0) is 4.74 Å². The van der Waals surface area contributed by atoms with Crippen LogP contribution >= 0.6 is 0 Å². The number of ether oxygens (including phenoxy) is 1. The lowest BCUT2D eigenvalue weighted by molar-refractivity contribution is -0.175. The highest BCUT2D eigenvalue weighted by atomic mass is 19.4. The quantitative estimate of drug-likeness (QED) is 0.747. The maximum atomic E-state index is 11.9. The first kappa shape index (κ1) is 15.8. The molecule has 1 saturated carbocycles. The van der Waals surface area contributed by atoms with Crippen LogP contribution in [0.4, 0.5) is 13.2 Å². The van der Waals surface area contributed by atoms with E-state index in [-0.39, 0.29) is 12.5 Å². The van der Waals surface area contributed by atoms with Gasteiger partial charge in [0.1, 0.15) is 6.61 Å². The molecular weight excluding hydrogens is 245 g/mol.